The van der Waals surface area contributed by atoms with Gasteiger partial charge >= 0.3 is 0 Å². The number of carbonyl (C=O) groups is 2. The Labute approximate surface area is 88.7 Å². The molecule has 0 radical (unpaired) electrons. The summed E-state index contributed by atoms with van der Waals surface area (Å²) in [5.74, 6) is -0.0304. The van der Waals surface area contributed by atoms with Crippen LogP contribution in [0.15, 0.2) is 30.3 Å². The van der Waals surface area contributed by atoms with Crippen LogP contribution in [0, 0.1) is 5.92 Å². The second kappa shape index (κ2) is 4.26. The van der Waals surface area contributed by atoms with Crippen LogP contribution in [0.1, 0.15) is 12.0 Å². The molecule has 3 nitrogen and oxygen atoms in total. The lowest BCUT2D eigenvalue weighted by molar-refractivity contribution is -0.128. The second-order valence-electron chi connectivity index (χ2n) is 3.86. The van der Waals surface area contributed by atoms with Crippen molar-refractivity contribution in [2.24, 2.45) is 5.92 Å². The minimum Gasteiger partial charge on any atom is -0.338 e. The molecule has 0 N–H and O–H groups in total. The van der Waals surface area contributed by atoms with Gasteiger partial charge in [0, 0.05) is 25.4 Å². The first kappa shape index (κ1) is 9.90. The van der Waals surface area contributed by atoms with Crippen LogP contribution in [0.2, 0.25) is 0 Å². The number of aldehydes is 1. The normalized spacial score (nSPS) is 20.7. The van der Waals surface area contributed by atoms with Gasteiger partial charge in [-0.25, -0.2) is 0 Å². The van der Waals surface area contributed by atoms with Gasteiger partial charge in [0.2, 0.25) is 5.91 Å². The summed E-state index contributed by atoms with van der Waals surface area (Å²) in [5, 5.41) is 0. The fourth-order valence-electron chi connectivity index (χ4n) is 1.85. The predicted octanol–water partition coefficient (Wildman–Crippen LogP) is 1.23. The third-order valence-corrected chi connectivity index (χ3v) is 2.65. The lowest BCUT2D eigenvalue weighted by Gasteiger charge is -2.15. The Kier molecular flexibility index (Phi) is 2.81. The van der Waals surface area contributed by atoms with E-state index in [0.29, 0.717) is 19.5 Å². The highest BCUT2D eigenvalue weighted by Crippen LogP contribution is 2.18. The van der Waals surface area contributed by atoms with E-state index in [9.17, 15) is 9.59 Å². The fourth-order valence-corrected chi connectivity index (χ4v) is 1.85. The number of amides is 1. The number of rotatable bonds is 3. The summed E-state index contributed by atoms with van der Waals surface area (Å²) in [7, 11) is 0. The van der Waals surface area contributed by atoms with Crippen molar-refractivity contribution in [3.05, 3.63) is 35.9 Å². The number of nitrogens with zero attached hydrogens (tertiary/aromatic N) is 1. The molecule has 1 heterocycles. The van der Waals surface area contributed by atoms with Gasteiger partial charge in [0.05, 0.1) is 0 Å². The maximum atomic E-state index is 11.5. The summed E-state index contributed by atoms with van der Waals surface area (Å²) in [5.41, 5.74) is 1.11. The van der Waals surface area contributed by atoms with E-state index in [0.717, 1.165) is 11.8 Å². The molecule has 1 saturated heterocycles. The SMILES string of the molecule is O=C[C@H]1CC(=O)N(Cc2ccccc2)C1. The molecule has 0 unspecified atom stereocenters. The van der Waals surface area contributed by atoms with Gasteiger partial charge in [-0.15, -0.1) is 0 Å². The van der Waals surface area contributed by atoms with Crippen molar-refractivity contribution in [1.82, 2.24) is 4.90 Å². The van der Waals surface area contributed by atoms with E-state index in [1.54, 1.807) is 4.90 Å². The van der Waals surface area contributed by atoms with Crippen LogP contribution in [0.3, 0.4) is 0 Å². The number of carbonyl (C=O) groups excluding carboxylic acids is 2. The number of hydrogen-bond donors (Lipinski definition) is 0. The van der Waals surface area contributed by atoms with E-state index < -0.39 is 0 Å². The van der Waals surface area contributed by atoms with E-state index in [1.165, 1.54) is 0 Å². The fraction of sp³-hybridized carbons (Fsp3) is 0.333. The summed E-state index contributed by atoms with van der Waals surface area (Å²) < 4.78 is 0. The van der Waals surface area contributed by atoms with Crippen molar-refractivity contribution in [3.63, 3.8) is 0 Å². The number of likely N-dealkylation sites (tertiary alicyclic amines) is 1. The van der Waals surface area contributed by atoms with Gasteiger partial charge in [0.1, 0.15) is 6.29 Å². The maximum absolute atomic E-state index is 11.5. The smallest absolute Gasteiger partial charge is 0.223 e. The van der Waals surface area contributed by atoms with Crippen LogP contribution in [0.25, 0.3) is 0 Å². The summed E-state index contributed by atoms with van der Waals surface area (Å²) >= 11 is 0. The molecule has 1 amide bonds. The molecule has 0 saturated carbocycles. The van der Waals surface area contributed by atoms with Crippen LogP contribution in [-0.4, -0.2) is 23.6 Å². The molecule has 0 aromatic heterocycles. The molecule has 1 aliphatic heterocycles. The Morgan fingerprint density at radius 3 is 2.67 bits per heavy atom. The van der Waals surface area contributed by atoms with E-state index >= 15 is 0 Å². The topological polar surface area (TPSA) is 37.4 Å². The minimum absolute atomic E-state index is 0.0796. The monoisotopic (exact) mass is 203 g/mol. The summed E-state index contributed by atoms with van der Waals surface area (Å²) in [6, 6.07) is 9.83. The molecule has 0 aliphatic carbocycles. The third-order valence-electron chi connectivity index (χ3n) is 2.65. The second-order valence-corrected chi connectivity index (χ2v) is 3.86. The standard InChI is InChI=1S/C12H13NO2/c14-9-11-6-12(15)13(8-11)7-10-4-2-1-3-5-10/h1-5,9,11H,6-8H2/t11-/m0/s1. The zero-order valence-electron chi connectivity index (χ0n) is 8.43. The summed E-state index contributed by atoms with van der Waals surface area (Å²) in [4.78, 5) is 23.8. The van der Waals surface area contributed by atoms with Crippen LogP contribution in [0.4, 0.5) is 0 Å². The zero-order chi connectivity index (χ0) is 10.7. The van der Waals surface area contributed by atoms with E-state index in [-0.39, 0.29) is 11.8 Å². The van der Waals surface area contributed by atoms with E-state index in [4.69, 9.17) is 0 Å². The van der Waals surface area contributed by atoms with Crippen molar-refractivity contribution in [1.29, 1.82) is 0 Å². The Hall–Kier alpha value is -1.64. The lowest BCUT2D eigenvalue weighted by atomic mass is 10.1. The number of benzene rings is 1. The van der Waals surface area contributed by atoms with Gasteiger partial charge in [0.15, 0.2) is 0 Å². The van der Waals surface area contributed by atoms with Crippen LogP contribution in [0.5, 0.6) is 0 Å². The molecule has 1 fully saturated rings. The van der Waals surface area contributed by atoms with Gasteiger partial charge in [-0.1, -0.05) is 30.3 Å². The summed E-state index contributed by atoms with van der Waals surface area (Å²) in [6.45, 7) is 1.18. The zero-order valence-corrected chi connectivity index (χ0v) is 8.43. The Balaban J connectivity index is 2.01. The van der Waals surface area contributed by atoms with E-state index in [2.05, 4.69) is 0 Å². The lowest BCUT2D eigenvalue weighted by Crippen LogP contribution is -2.24. The minimum atomic E-state index is -0.110. The van der Waals surface area contributed by atoms with Crippen LogP contribution >= 0.6 is 0 Å². The van der Waals surface area contributed by atoms with Gasteiger partial charge in [-0.3, -0.25) is 4.79 Å². The van der Waals surface area contributed by atoms with Gasteiger partial charge < -0.3 is 9.69 Å². The van der Waals surface area contributed by atoms with Gasteiger partial charge in [0.25, 0.3) is 0 Å². The van der Waals surface area contributed by atoms with Crippen LogP contribution < -0.4 is 0 Å². The molecule has 1 atom stereocenters. The average molecular weight is 203 g/mol. The molecule has 0 bridgehead atoms. The molecular weight excluding hydrogens is 190 g/mol. The van der Waals surface area contributed by atoms with Gasteiger partial charge in [-0.05, 0) is 5.56 Å². The molecule has 78 valence electrons. The molecular formula is C12H13NO2. The highest BCUT2D eigenvalue weighted by molar-refractivity contribution is 5.82. The molecule has 0 spiro atoms. The third kappa shape index (κ3) is 2.24. The Bertz CT molecular complexity index is 361. The summed E-state index contributed by atoms with van der Waals surface area (Å²) in [6.07, 6.45) is 1.25. The molecule has 1 aromatic rings. The highest BCUT2D eigenvalue weighted by atomic mass is 16.2. The van der Waals surface area contributed by atoms with Gasteiger partial charge in [-0.2, -0.15) is 0 Å². The first-order valence-electron chi connectivity index (χ1n) is 5.06. The number of hydrogen-bond acceptors (Lipinski definition) is 2. The Morgan fingerprint density at radius 1 is 1.33 bits per heavy atom. The Morgan fingerprint density at radius 2 is 2.07 bits per heavy atom. The predicted molar refractivity (Wildman–Crippen MR) is 56.0 cm³/mol. The van der Waals surface area contributed by atoms with E-state index in [1.807, 2.05) is 30.3 Å². The highest BCUT2D eigenvalue weighted by Gasteiger charge is 2.28. The van der Waals surface area contributed by atoms with Crippen LogP contribution in [-0.2, 0) is 16.1 Å². The van der Waals surface area contributed by atoms with Crippen molar-refractivity contribution in [2.45, 2.75) is 13.0 Å². The largest absolute Gasteiger partial charge is 0.338 e. The van der Waals surface area contributed by atoms with Crippen molar-refractivity contribution >= 4 is 12.2 Å². The van der Waals surface area contributed by atoms with Crippen molar-refractivity contribution < 1.29 is 9.59 Å². The quantitative estimate of drug-likeness (QED) is 0.693. The average Bonchev–Trinajstić information content (AvgIpc) is 2.61. The van der Waals surface area contributed by atoms with Crippen molar-refractivity contribution in [3.8, 4) is 0 Å². The van der Waals surface area contributed by atoms with Crippen molar-refractivity contribution in [2.75, 3.05) is 6.54 Å². The molecule has 1 aliphatic rings. The molecule has 1 aromatic carbocycles. The molecule has 15 heavy (non-hydrogen) atoms. The first-order valence-corrected chi connectivity index (χ1v) is 5.06. The maximum Gasteiger partial charge on any atom is 0.223 e. The molecule has 3 heteroatoms. The molecule has 2 rings (SSSR count). The first-order chi connectivity index (χ1) is 7.29.